The second kappa shape index (κ2) is 11.6. The van der Waals surface area contributed by atoms with Gasteiger partial charge >= 0.3 is 5.97 Å². The van der Waals surface area contributed by atoms with Gasteiger partial charge in [-0.15, -0.1) is 0 Å². The van der Waals surface area contributed by atoms with Gasteiger partial charge in [-0.25, -0.2) is 4.79 Å². The molecular formula is C36H60O11. The molecule has 16 atom stereocenters. The Bertz CT molecular complexity index is 1200. The summed E-state index contributed by atoms with van der Waals surface area (Å²) in [5.74, 6) is -0.106. The lowest BCUT2D eigenvalue weighted by Gasteiger charge is -2.70. The van der Waals surface area contributed by atoms with Gasteiger partial charge in [-0.3, -0.25) is 0 Å². The highest BCUT2D eigenvalue weighted by Gasteiger charge is 2.71. The van der Waals surface area contributed by atoms with Gasteiger partial charge in [0.15, 0.2) is 11.9 Å². The first-order valence-electron chi connectivity index (χ1n) is 18.0. The third-order valence-corrected chi connectivity index (χ3v) is 15.3. The average Bonchev–Trinajstić information content (AvgIpc) is 3.50. The zero-order valence-electron chi connectivity index (χ0n) is 29.3. The molecule has 6 aliphatic rings. The lowest BCUT2D eigenvalue weighted by molar-refractivity contribution is -0.331. The van der Waals surface area contributed by atoms with Crippen molar-refractivity contribution in [2.75, 3.05) is 6.61 Å². The Labute approximate surface area is 279 Å². The van der Waals surface area contributed by atoms with Gasteiger partial charge in [-0.05, 0) is 105 Å². The number of carbonyl (C=O) groups excluding carboxylic acids is 1. The van der Waals surface area contributed by atoms with Crippen LogP contribution in [0, 0.1) is 45.3 Å². The molecule has 0 aromatic rings. The molecule has 6 fully saturated rings. The highest BCUT2D eigenvalue weighted by Crippen LogP contribution is 2.76. The van der Waals surface area contributed by atoms with Gasteiger partial charge in [0.1, 0.15) is 36.6 Å². The summed E-state index contributed by atoms with van der Waals surface area (Å²) in [6.07, 6.45) is -1.93. The summed E-state index contributed by atoms with van der Waals surface area (Å²) in [6, 6.07) is 0. The summed E-state index contributed by atoms with van der Waals surface area (Å²) in [5, 5.41) is 74.1. The molecule has 270 valence electrons. The summed E-state index contributed by atoms with van der Waals surface area (Å²) >= 11 is 0. The quantitative estimate of drug-likeness (QED) is 0.162. The fourth-order valence-corrected chi connectivity index (χ4v) is 12.5. The molecule has 0 amide bonds. The number of fused-ring (bicyclic) bond motifs is 5. The van der Waals surface area contributed by atoms with E-state index in [0.717, 1.165) is 44.9 Å². The van der Waals surface area contributed by atoms with Crippen molar-refractivity contribution in [3.05, 3.63) is 0 Å². The normalized spacial score (nSPS) is 53.5. The second-order valence-electron chi connectivity index (χ2n) is 18.2. The van der Waals surface area contributed by atoms with E-state index in [-0.39, 0.29) is 46.0 Å². The summed E-state index contributed by atoms with van der Waals surface area (Å²) < 4.78 is 17.7. The largest absolute Gasteiger partial charge is 0.457 e. The minimum atomic E-state index is -1.69. The van der Waals surface area contributed by atoms with Crippen molar-refractivity contribution < 1.29 is 54.8 Å². The zero-order chi connectivity index (χ0) is 34.7. The lowest BCUT2D eigenvalue weighted by atomic mass is 9.35. The molecule has 0 unspecified atom stereocenters. The minimum absolute atomic E-state index is 0.00289. The molecular weight excluding hydrogens is 608 g/mol. The molecule has 0 radical (unpaired) electrons. The lowest BCUT2D eigenvalue weighted by Crippen LogP contribution is -2.65. The fourth-order valence-electron chi connectivity index (χ4n) is 12.5. The Morgan fingerprint density at radius 3 is 2.17 bits per heavy atom. The van der Waals surface area contributed by atoms with E-state index in [1.165, 1.54) is 13.8 Å². The molecule has 4 aliphatic carbocycles. The van der Waals surface area contributed by atoms with Crippen molar-refractivity contribution in [3.8, 4) is 0 Å². The molecule has 7 N–H and O–H groups in total. The van der Waals surface area contributed by atoms with Crippen molar-refractivity contribution in [1.29, 1.82) is 0 Å². The van der Waals surface area contributed by atoms with Crippen molar-refractivity contribution in [1.82, 2.24) is 0 Å². The highest BCUT2D eigenvalue weighted by molar-refractivity contribution is 5.82. The van der Waals surface area contributed by atoms with Gasteiger partial charge in [0, 0.05) is 12.3 Å². The van der Waals surface area contributed by atoms with Gasteiger partial charge < -0.3 is 50.0 Å². The van der Waals surface area contributed by atoms with Crippen molar-refractivity contribution >= 4 is 5.97 Å². The smallest absolute Gasteiger partial charge is 0.338 e. The first-order valence-corrected chi connectivity index (χ1v) is 18.0. The van der Waals surface area contributed by atoms with Crippen LogP contribution >= 0.6 is 0 Å². The Morgan fingerprint density at radius 2 is 1.53 bits per heavy atom. The van der Waals surface area contributed by atoms with Crippen LogP contribution in [0.4, 0.5) is 0 Å². The monoisotopic (exact) mass is 668 g/mol. The summed E-state index contributed by atoms with van der Waals surface area (Å²) in [4.78, 5) is 13.3. The number of esters is 1. The molecule has 4 saturated carbocycles. The third kappa shape index (κ3) is 5.11. The standard InChI is InChI=1S/C36H60O11/c1-31(2)22-11-15-35(7)23(33(22,5)13-12-24(31)47-29-27(40)26(39)25(38)21(17-37)45-29)9-8-18-19(10-14-34(18,35)6)36(44)16-20(46-30(36)42)28(41)32(3,4)43/h18-29,37-41,43-44H,8-17H2,1-7H3/t18-,19+,20+,21-,22+,23-,24+,25-,26+,27-,28+,29+,33+,34-,35-,36+/m1/s1. The summed E-state index contributed by atoms with van der Waals surface area (Å²) in [7, 11) is 0. The fraction of sp³-hybridized carbons (Fsp3) is 0.972. The minimum Gasteiger partial charge on any atom is -0.457 e. The van der Waals surface area contributed by atoms with E-state index in [1.54, 1.807) is 0 Å². The van der Waals surface area contributed by atoms with Crippen LogP contribution in [0.3, 0.4) is 0 Å². The average molecular weight is 669 g/mol. The topological polar surface area (TPSA) is 186 Å². The molecule has 6 rings (SSSR count). The molecule has 2 saturated heterocycles. The molecule has 2 aliphatic heterocycles. The first kappa shape index (κ1) is 35.9. The first-order chi connectivity index (χ1) is 21.7. The maximum Gasteiger partial charge on any atom is 0.338 e. The molecule has 47 heavy (non-hydrogen) atoms. The van der Waals surface area contributed by atoms with Crippen molar-refractivity contribution in [2.24, 2.45) is 45.3 Å². The molecule has 0 bridgehead atoms. The van der Waals surface area contributed by atoms with E-state index in [1.807, 2.05) is 0 Å². The Kier molecular flexibility index (Phi) is 8.84. The van der Waals surface area contributed by atoms with Gasteiger partial charge in [0.2, 0.25) is 0 Å². The Balaban J connectivity index is 1.21. The number of hydrogen-bond acceptors (Lipinski definition) is 11. The van der Waals surface area contributed by atoms with Crippen LogP contribution in [0.1, 0.15) is 106 Å². The third-order valence-electron chi connectivity index (χ3n) is 15.3. The van der Waals surface area contributed by atoms with Crippen LogP contribution in [0.15, 0.2) is 0 Å². The second-order valence-corrected chi connectivity index (χ2v) is 18.2. The molecule has 11 nitrogen and oxygen atoms in total. The van der Waals surface area contributed by atoms with E-state index in [0.29, 0.717) is 18.3 Å². The van der Waals surface area contributed by atoms with E-state index in [4.69, 9.17) is 14.2 Å². The van der Waals surface area contributed by atoms with Crippen LogP contribution in [0.25, 0.3) is 0 Å². The number of rotatable bonds is 6. The Hall–Kier alpha value is -0.890. The van der Waals surface area contributed by atoms with E-state index in [9.17, 15) is 40.5 Å². The van der Waals surface area contributed by atoms with E-state index in [2.05, 4.69) is 34.6 Å². The summed E-state index contributed by atoms with van der Waals surface area (Å²) in [6.45, 7) is 14.2. The number of hydrogen-bond donors (Lipinski definition) is 7. The molecule has 2 heterocycles. The molecule has 0 aromatic carbocycles. The van der Waals surface area contributed by atoms with Gasteiger partial charge in [0.25, 0.3) is 0 Å². The predicted molar refractivity (Wildman–Crippen MR) is 169 cm³/mol. The Morgan fingerprint density at radius 1 is 0.872 bits per heavy atom. The number of carbonyl (C=O) groups is 1. The van der Waals surface area contributed by atoms with E-state index < -0.39 is 66.7 Å². The van der Waals surface area contributed by atoms with Crippen LogP contribution in [-0.4, -0.2) is 109 Å². The molecule has 0 aromatic heterocycles. The van der Waals surface area contributed by atoms with Crippen LogP contribution in [-0.2, 0) is 19.0 Å². The number of aliphatic hydroxyl groups is 7. The maximum atomic E-state index is 13.3. The van der Waals surface area contributed by atoms with Gasteiger partial charge in [-0.2, -0.15) is 0 Å². The predicted octanol–water partition coefficient (Wildman–Crippen LogP) is 2.04. The maximum absolute atomic E-state index is 13.3. The highest BCUT2D eigenvalue weighted by atomic mass is 16.7. The number of cyclic esters (lactones) is 1. The molecule has 0 spiro atoms. The molecule has 11 heteroatoms. The zero-order valence-corrected chi connectivity index (χ0v) is 29.3. The number of ether oxygens (including phenoxy) is 3. The van der Waals surface area contributed by atoms with Crippen molar-refractivity contribution in [3.63, 3.8) is 0 Å². The van der Waals surface area contributed by atoms with Crippen LogP contribution in [0.2, 0.25) is 0 Å². The van der Waals surface area contributed by atoms with Crippen LogP contribution in [0.5, 0.6) is 0 Å². The van der Waals surface area contributed by atoms with Crippen molar-refractivity contribution in [2.45, 2.75) is 166 Å². The number of aliphatic hydroxyl groups excluding tert-OH is 5. The van der Waals surface area contributed by atoms with Gasteiger partial charge in [-0.1, -0.05) is 34.6 Å². The van der Waals surface area contributed by atoms with E-state index >= 15 is 0 Å². The summed E-state index contributed by atoms with van der Waals surface area (Å²) in [5.41, 5.74) is -3.57. The SMILES string of the molecule is CC(C)(O)[C@@H](O)[C@@H]1C[C@](O)([C@H]2CC[C@]3(C)[C@@H]2CC[C@@H]2[C@@]4(C)CC[C@H](O[C@@H]5O[C@H](CO)[C@@H](O)[C@H](O)[C@H]5O)C(C)(C)[C@@H]4CC[C@]23C)C(=O)O1. The van der Waals surface area contributed by atoms with Gasteiger partial charge in [0.05, 0.1) is 18.3 Å². The van der Waals surface area contributed by atoms with Crippen LogP contribution < -0.4 is 0 Å².